The van der Waals surface area contributed by atoms with Crippen molar-refractivity contribution in [2.45, 2.75) is 21.0 Å². The summed E-state index contributed by atoms with van der Waals surface area (Å²) in [6, 6.07) is 10.2. The van der Waals surface area contributed by atoms with Crippen LogP contribution in [0.5, 0.6) is 0 Å². The zero-order valence-corrected chi connectivity index (χ0v) is 18.4. The average Bonchev–Trinajstić information content (AvgIpc) is 3.51. The molecule has 1 aromatic carbocycles. The van der Waals surface area contributed by atoms with E-state index in [1.165, 1.54) is 16.5 Å². The van der Waals surface area contributed by atoms with Crippen LogP contribution >= 0.6 is 46.2 Å². The summed E-state index contributed by atoms with van der Waals surface area (Å²) in [5.74, 6) is 3.36. The number of hydrogen-bond acceptors (Lipinski definition) is 10. The van der Waals surface area contributed by atoms with E-state index < -0.39 is 0 Å². The van der Waals surface area contributed by atoms with Gasteiger partial charge in [0.25, 0.3) is 0 Å². The molecule has 0 radical (unpaired) electrons. The zero-order chi connectivity index (χ0) is 19.6. The first-order valence-electron chi connectivity index (χ1n) is 8.61. The second-order valence-electron chi connectivity index (χ2n) is 6.01. The quantitative estimate of drug-likeness (QED) is 0.311. The Bertz CT molecular complexity index is 1210. The Morgan fingerprint density at radius 1 is 1.07 bits per heavy atom. The second-order valence-corrected chi connectivity index (χ2v) is 9.98. The van der Waals surface area contributed by atoms with Crippen molar-refractivity contribution in [2.75, 3.05) is 0 Å². The van der Waals surface area contributed by atoms with Gasteiger partial charge in [0.15, 0.2) is 9.50 Å². The monoisotopic (exact) mass is 458 g/mol. The predicted molar refractivity (Wildman–Crippen MR) is 117 cm³/mol. The highest BCUT2D eigenvalue weighted by Crippen LogP contribution is 2.31. The zero-order valence-electron chi connectivity index (χ0n) is 15.2. The lowest BCUT2D eigenvalue weighted by Crippen LogP contribution is -1.97. The van der Waals surface area contributed by atoms with Crippen LogP contribution in [0.2, 0.25) is 0 Å². The van der Waals surface area contributed by atoms with Crippen LogP contribution in [0, 0.1) is 0 Å². The summed E-state index contributed by atoms with van der Waals surface area (Å²) in [5, 5.41) is 17.5. The van der Waals surface area contributed by atoms with E-state index in [0.717, 1.165) is 26.4 Å². The van der Waals surface area contributed by atoms with Crippen molar-refractivity contribution in [1.82, 2.24) is 29.9 Å². The molecule has 5 aromatic rings. The van der Waals surface area contributed by atoms with Gasteiger partial charge in [-0.05, 0) is 23.6 Å². The molecule has 11 heteroatoms. The normalized spacial score (nSPS) is 11.5. The average molecular weight is 459 g/mol. The summed E-state index contributed by atoms with van der Waals surface area (Å²) < 4.78 is 9.58. The summed E-state index contributed by atoms with van der Waals surface area (Å²) in [6.07, 6.45) is 0. The number of thioether (sulfide) groups is 2. The van der Waals surface area contributed by atoms with E-state index in [1.807, 2.05) is 46.6 Å². The predicted octanol–water partition coefficient (Wildman–Crippen LogP) is 5.12. The molecular weight excluding hydrogens is 445 g/mol. The first-order chi connectivity index (χ1) is 14.3. The van der Waals surface area contributed by atoms with Crippen LogP contribution < -0.4 is 0 Å². The van der Waals surface area contributed by atoms with E-state index >= 15 is 0 Å². The molecule has 0 saturated heterocycles. The number of hydrogen-bond donors (Lipinski definition) is 0. The first-order valence-corrected chi connectivity index (χ1v) is 12.3. The summed E-state index contributed by atoms with van der Waals surface area (Å²) >= 11 is 6.52. The largest absolute Gasteiger partial charge is 0.338 e. The molecule has 146 valence electrons. The highest BCUT2D eigenvalue weighted by molar-refractivity contribution is 8.00. The Morgan fingerprint density at radius 3 is 2.86 bits per heavy atom. The van der Waals surface area contributed by atoms with Gasteiger partial charge in [-0.15, -0.1) is 21.5 Å². The van der Waals surface area contributed by atoms with E-state index in [4.69, 9.17) is 4.52 Å². The molecule has 0 saturated carbocycles. The van der Waals surface area contributed by atoms with Crippen LogP contribution in [0.1, 0.15) is 11.7 Å². The third-order valence-corrected chi connectivity index (χ3v) is 7.96. The molecule has 29 heavy (non-hydrogen) atoms. The molecule has 0 atom stereocenters. The van der Waals surface area contributed by atoms with Gasteiger partial charge in [0.05, 0.1) is 21.7 Å². The maximum absolute atomic E-state index is 5.35. The minimum absolute atomic E-state index is 0.550. The fourth-order valence-electron chi connectivity index (χ4n) is 2.58. The lowest BCUT2D eigenvalue weighted by Gasteiger charge is -2.01. The van der Waals surface area contributed by atoms with Gasteiger partial charge >= 0.3 is 0 Å². The van der Waals surface area contributed by atoms with E-state index in [2.05, 4.69) is 31.4 Å². The van der Waals surface area contributed by atoms with Crippen LogP contribution in [-0.2, 0) is 18.6 Å². The third kappa shape index (κ3) is 4.08. The number of thiazole rings is 1. The van der Waals surface area contributed by atoms with Gasteiger partial charge in [-0.1, -0.05) is 40.8 Å². The molecule has 0 bridgehead atoms. The van der Waals surface area contributed by atoms with Gasteiger partial charge in [-0.3, -0.25) is 0 Å². The third-order valence-electron chi connectivity index (χ3n) is 4.10. The molecule has 4 heterocycles. The number of nitrogens with zero attached hydrogens (tertiary/aromatic N) is 6. The van der Waals surface area contributed by atoms with Crippen molar-refractivity contribution in [1.29, 1.82) is 0 Å². The minimum Gasteiger partial charge on any atom is -0.338 e. The molecule has 0 aliphatic carbocycles. The standard InChI is InChI=1S/C18H14N6OS4/c1-24-14(9-28-18-19-12-4-2-3-5-13(12)29-18)21-22-17(24)27-10-15-20-16(23-25-15)11-6-7-26-8-11/h2-8H,9-10H2,1H3. The molecular formula is C18H14N6OS4. The summed E-state index contributed by atoms with van der Waals surface area (Å²) in [4.78, 5) is 9.10. The highest BCUT2D eigenvalue weighted by Gasteiger charge is 2.14. The maximum atomic E-state index is 5.35. The Labute approximate surface area is 182 Å². The molecule has 7 nitrogen and oxygen atoms in total. The number of rotatable bonds is 7. The molecule has 0 amide bonds. The van der Waals surface area contributed by atoms with E-state index in [1.54, 1.807) is 34.4 Å². The Hall–Kier alpha value is -2.21. The summed E-state index contributed by atoms with van der Waals surface area (Å²) in [5.41, 5.74) is 2.01. The van der Waals surface area contributed by atoms with Gasteiger partial charge in [0, 0.05) is 18.0 Å². The van der Waals surface area contributed by atoms with Gasteiger partial charge in [-0.2, -0.15) is 16.3 Å². The summed E-state index contributed by atoms with van der Waals surface area (Å²) in [6.45, 7) is 0. The van der Waals surface area contributed by atoms with E-state index in [0.29, 0.717) is 23.2 Å². The molecule has 5 rings (SSSR count). The van der Waals surface area contributed by atoms with Gasteiger partial charge < -0.3 is 9.09 Å². The van der Waals surface area contributed by atoms with Crippen molar-refractivity contribution < 1.29 is 4.52 Å². The van der Waals surface area contributed by atoms with Crippen LogP contribution in [0.3, 0.4) is 0 Å². The number of aromatic nitrogens is 6. The fraction of sp³-hybridized carbons (Fsp3) is 0.167. The van der Waals surface area contributed by atoms with Gasteiger partial charge in [0.1, 0.15) is 5.82 Å². The van der Waals surface area contributed by atoms with Gasteiger partial charge in [0.2, 0.25) is 11.7 Å². The number of thiophene rings is 1. The van der Waals surface area contributed by atoms with E-state index in [9.17, 15) is 0 Å². The molecule has 4 aromatic heterocycles. The molecule has 0 aliphatic heterocycles. The number of fused-ring (bicyclic) bond motifs is 1. The van der Waals surface area contributed by atoms with Crippen LogP contribution in [0.4, 0.5) is 0 Å². The van der Waals surface area contributed by atoms with Crippen molar-refractivity contribution in [3.05, 3.63) is 52.8 Å². The summed E-state index contributed by atoms with van der Waals surface area (Å²) in [7, 11) is 1.97. The number of benzene rings is 1. The van der Waals surface area contributed by atoms with Crippen molar-refractivity contribution >= 4 is 56.4 Å². The Kier molecular flexibility index (Phi) is 5.36. The minimum atomic E-state index is 0.550. The van der Waals surface area contributed by atoms with Crippen LogP contribution in [0.25, 0.3) is 21.6 Å². The topological polar surface area (TPSA) is 82.5 Å². The molecule has 0 fully saturated rings. The lowest BCUT2D eigenvalue weighted by molar-refractivity contribution is 0.391. The van der Waals surface area contributed by atoms with Crippen molar-refractivity contribution in [3.63, 3.8) is 0 Å². The molecule has 0 spiro atoms. The number of para-hydroxylation sites is 1. The van der Waals surface area contributed by atoms with E-state index in [-0.39, 0.29) is 0 Å². The lowest BCUT2D eigenvalue weighted by atomic mass is 10.3. The van der Waals surface area contributed by atoms with Crippen molar-refractivity contribution in [3.8, 4) is 11.4 Å². The Balaban J connectivity index is 1.21. The smallest absolute Gasteiger partial charge is 0.237 e. The first kappa shape index (κ1) is 18.8. The van der Waals surface area contributed by atoms with Gasteiger partial charge in [-0.25, -0.2) is 4.98 Å². The SMILES string of the molecule is Cn1c(CSc2nc3ccccc3s2)nnc1SCc1nc(-c2ccsc2)no1. The van der Waals surface area contributed by atoms with Crippen molar-refractivity contribution in [2.24, 2.45) is 7.05 Å². The molecule has 0 aliphatic rings. The molecule has 0 unspecified atom stereocenters. The Morgan fingerprint density at radius 2 is 2.00 bits per heavy atom. The maximum Gasteiger partial charge on any atom is 0.237 e. The second kappa shape index (κ2) is 8.27. The fourth-order valence-corrected chi connectivity index (χ4v) is 6.03. The molecule has 0 N–H and O–H groups in total. The highest BCUT2D eigenvalue weighted by atomic mass is 32.2. The van der Waals surface area contributed by atoms with Crippen LogP contribution in [0.15, 0.2) is 55.1 Å². The van der Waals surface area contributed by atoms with Crippen LogP contribution in [-0.4, -0.2) is 29.9 Å².